The van der Waals surface area contributed by atoms with Crippen molar-refractivity contribution < 1.29 is 9.53 Å². The molecule has 112 valence electrons. The Balaban J connectivity index is 2.65. The molecular weight excluding hydrogens is 254 g/mol. The number of carbonyl (C=O) groups is 1. The highest BCUT2D eigenvalue weighted by Gasteiger charge is 2.14. The summed E-state index contributed by atoms with van der Waals surface area (Å²) < 4.78 is 5.15. The summed E-state index contributed by atoms with van der Waals surface area (Å²) >= 11 is 0. The number of benzene rings is 1. The van der Waals surface area contributed by atoms with Gasteiger partial charge in [-0.2, -0.15) is 0 Å². The second-order valence-electron chi connectivity index (χ2n) is 5.19. The fourth-order valence-corrected chi connectivity index (χ4v) is 2.00. The Morgan fingerprint density at radius 1 is 1.35 bits per heavy atom. The van der Waals surface area contributed by atoms with Crippen molar-refractivity contribution in [1.29, 1.82) is 0 Å². The van der Waals surface area contributed by atoms with Crippen molar-refractivity contribution in [3.8, 4) is 0 Å². The van der Waals surface area contributed by atoms with Gasteiger partial charge in [-0.05, 0) is 32.0 Å². The van der Waals surface area contributed by atoms with Gasteiger partial charge in [0.2, 0.25) is 5.91 Å². The Hall–Kier alpha value is -1.43. The standard InChI is InChI=1S/C15H25N3O2/c1-11(10-20-4)18(3)9-13-5-7-14(8-6-13)12(2)15(19)17-16/h5-8,11-12H,9-10,16H2,1-4H3,(H,17,19). The number of carbonyl (C=O) groups excluding carboxylic acids is 1. The molecule has 5 heteroatoms. The van der Waals surface area contributed by atoms with E-state index in [0.717, 1.165) is 12.1 Å². The van der Waals surface area contributed by atoms with Gasteiger partial charge in [0, 0.05) is 19.7 Å². The largest absolute Gasteiger partial charge is 0.383 e. The molecule has 3 N–H and O–H groups in total. The van der Waals surface area contributed by atoms with Crippen molar-refractivity contribution in [2.24, 2.45) is 5.84 Å². The smallest absolute Gasteiger partial charge is 0.241 e. The zero-order valence-electron chi connectivity index (χ0n) is 12.7. The minimum absolute atomic E-state index is 0.177. The molecular formula is C15H25N3O2. The molecule has 0 spiro atoms. The van der Waals surface area contributed by atoms with Gasteiger partial charge in [-0.1, -0.05) is 24.3 Å². The number of amides is 1. The summed E-state index contributed by atoms with van der Waals surface area (Å²) in [7, 11) is 3.78. The van der Waals surface area contributed by atoms with Crippen molar-refractivity contribution in [2.45, 2.75) is 32.4 Å². The van der Waals surface area contributed by atoms with E-state index in [1.807, 2.05) is 31.2 Å². The van der Waals surface area contributed by atoms with Gasteiger partial charge in [-0.3, -0.25) is 15.1 Å². The fraction of sp³-hybridized carbons (Fsp3) is 0.533. The van der Waals surface area contributed by atoms with Crippen molar-refractivity contribution in [3.63, 3.8) is 0 Å². The average Bonchev–Trinajstić information content (AvgIpc) is 2.46. The van der Waals surface area contributed by atoms with E-state index >= 15 is 0 Å². The normalized spacial score (nSPS) is 14.1. The van der Waals surface area contributed by atoms with Crippen molar-refractivity contribution in [2.75, 3.05) is 20.8 Å². The quantitative estimate of drug-likeness (QED) is 0.448. The van der Waals surface area contributed by atoms with Gasteiger partial charge in [-0.15, -0.1) is 0 Å². The van der Waals surface area contributed by atoms with Gasteiger partial charge in [-0.25, -0.2) is 5.84 Å². The number of nitrogens with two attached hydrogens (primary N) is 1. The van der Waals surface area contributed by atoms with Gasteiger partial charge in [0.15, 0.2) is 0 Å². The SMILES string of the molecule is COCC(C)N(C)Cc1ccc(C(C)C(=O)NN)cc1. The Morgan fingerprint density at radius 3 is 2.45 bits per heavy atom. The number of hydrogen-bond donors (Lipinski definition) is 2. The van der Waals surface area contributed by atoms with Crippen LogP contribution in [-0.2, 0) is 16.1 Å². The second-order valence-corrected chi connectivity index (χ2v) is 5.19. The summed E-state index contributed by atoms with van der Waals surface area (Å²) in [5, 5.41) is 0. The molecule has 20 heavy (non-hydrogen) atoms. The van der Waals surface area contributed by atoms with E-state index < -0.39 is 0 Å². The lowest BCUT2D eigenvalue weighted by molar-refractivity contribution is -0.122. The summed E-state index contributed by atoms with van der Waals surface area (Å²) in [6.07, 6.45) is 0. The number of methoxy groups -OCH3 is 1. The lowest BCUT2D eigenvalue weighted by Gasteiger charge is -2.24. The lowest BCUT2D eigenvalue weighted by Crippen LogP contribution is -2.33. The van der Waals surface area contributed by atoms with Crippen LogP contribution in [0.3, 0.4) is 0 Å². The van der Waals surface area contributed by atoms with E-state index in [1.54, 1.807) is 7.11 Å². The van der Waals surface area contributed by atoms with Gasteiger partial charge < -0.3 is 4.74 Å². The van der Waals surface area contributed by atoms with E-state index in [1.165, 1.54) is 5.56 Å². The topological polar surface area (TPSA) is 67.6 Å². The van der Waals surface area contributed by atoms with Crippen LogP contribution in [0.25, 0.3) is 0 Å². The molecule has 1 aromatic rings. The maximum Gasteiger partial charge on any atom is 0.241 e. The number of likely N-dealkylation sites (N-methyl/N-ethyl adjacent to an activating group) is 1. The van der Waals surface area contributed by atoms with Gasteiger partial charge in [0.1, 0.15) is 0 Å². The van der Waals surface area contributed by atoms with Crippen molar-refractivity contribution in [1.82, 2.24) is 10.3 Å². The van der Waals surface area contributed by atoms with Crippen LogP contribution in [0.15, 0.2) is 24.3 Å². The molecule has 0 fully saturated rings. The minimum atomic E-state index is -0.237. The molecule has 2 atom stereocenters. The van der Waals surface area contributed by atoms with E-state index in [4.69, 9.17) is 10.6 Å². The van der Waals surface area contributed by atoms with Gasteiger partial charge >= 0.3 is 0 Å². The van der Waals surface area contributed by atoms with Crippen LogP contribution in [-0.4, -0.2) is 37.6 Å². The maximum atomic E-state index is 11.5. The van der Waals surface area contributed by atoms with Crippen molar-refractivity contribution in [3.05, 3.63) is 35.4 Å². The Bertz CT molecular complexity index is 420. The van der Waals surface area contributed by atoms with E-state index in [9.17, 15) is 4.79 Å². The summed E-state index contributed by atoms with van der Waals surface area (Å²) in [5.41, 5.74) is 4.35. The average molecular weight is 279 g/mol. The summed E-state index contributed by atoms with van der Waals surface area (Å²) in [5.74, 6) is 4.74. The number of ether oxygens (including phenoxy) is 1. The molecule has 0 aromatic heterocycles. The molecule has 5 nitrogen and oxygen atoms in total. The molecule has 0 bridgehead atoms. The Morgan fingerprint density at radius 2 is 1.95 bits per heavy atom. The molecule has 0 saturated carbocycles. The number of hydrazine groups is 1. The molecule has 0 saturated heterocycles. The third kappa shape index (κ3) is 4.59. The monoisotopic (exact) mass is 279 g/mol. The summed E-state index contributed by atoms with van der Waals surface area (Å²) in [6, 6.07) is 8.41. The van der Waals surface area contributed by atoms with E-state index in [0.29, 0.717) is 12.6 Å². The highest BCUT2D eigenvalue weighted by atomic mass is 16.5. The Kier molecular flexibility index (Phi) is 6.64. The minimum Gasteiger partial charge on any atom is -0.383 e. The molecule has 2 unspecified atom stereocenters. The summed E-state index contributed by atoms with van der Waals surface area (Å²) in [4.78, 5) is 13.7. The maximum absolute atomic E-state index is 11.5. The fourth-order valence-electron chi connectivity index (χ4n) is 2.00. The van der Waals surface area contributed by atoms with Crippen LogP contribution in [0.4, 0.5) is 0 Å². The van der Waals surface area contributed by atoms with Crippen molar-refractivity contribution >= 4 is 5.91 Å². The second kappa shape index (κ2) is 7.99. The molecule has 0 radical (unpaired) electrons. The molecule has 0 heterocycles. The van der Waals surface area contributed by atoms with Crippen LogP contribution < -0.4 is 11.3 Å². The molecule has 0 aliphatic heterocycles. The highest BCUT2D eigenvalue weighted by molar-refractivity contribution is 5.82. The zero-order valence-corrected chi connectivity index (χ0v) is 12.7. The van der Waals surface area contributed by atoms with E-state index in [-0.39, 0.29) is 11.8 Å². The Labute approximate surface area is 121 Å². The van der Waals surface area contributed by atoms with Gasteiger partial charge in [0.25, 0.3) is 0 Å². The van der Waals surface area contributed by atoms with Crippen LogP contribution in [0.2, 0.25) is 0 Å². The zero-order chi connectivity index (χ0) is 15.1. The van der Waals surface area contributed by atoms with Gasteiger partial charge in [0.05, 0.1) is 12.5 Å². The third-order valence-corrected chi connectivity index (χ3v) is 3.61. The van der Waals surface area contributed by atoms with Crippen LogP contribution in [0.1, 0.15) is 30.9 Å². The van der Waals surface area contributed by atoms with Crippen LogP contribution >= 0.6 is 0 Å². The number of rotatable bonds is 7. The number of hydrogen-bond acceptors (Lipinski definition) is 4. The predicted octanol–water partition coefficient (Wildman–Crippen LogP) is 1.25. The van der Waals surface area contributed by atoms with Crippen LogP contribution in [0, 0.1) is 0 Å². The highest BCUT2D eigenvalue weighted by Crippen LogP contribution is 2.17. The summed E-state index contributed by atoms with van der Waals surface area (Å²) in [6.45, 7) is 5.53. The first-order chi connectivity index (χ1) is 9.49. The van der Waals surface area contributed by atoms with E-state index in [2.05, 4.69) is 24.3 Å². The van der Waals surface area contributed by atoms with Crippen LogP contribution in [0.5, 0.6) is 0 Å². The predicted molar refractivity (Wildman–Crippen MR) is 80.0 cm³/mol. The molecule has 1 amide bonds. The first kappa shape index (κ1) is 16.6. The molecule has 1 aromatic carbocycles. The first-order valence-electron chi connectivity index (χ1n) is 6.78. The lowest BCUT2D eigenvalue weighted by atomic mass is 9.99. The number of nitrogens with zero attached hydrogens (tertiary/aromatic N) is 1. The molecule has 0 aliphatic rings. The first-order valence-corrected chi connectivity index (χ1v) is 6.78. The number of nitrogens with one attached hydrogen (secondary N) is 1. The third-order valence-electron chi connectivity index (χ3n) is 3.61. The molecule has 1 rings (SSSR count). The molecule has 0 aliphatic carbocycles.